The summed E-state index contributed by atoms with van der Waals surface area (Å²) < 4.78 is 0. The van der Waals surface area contributed by atoms with Gasteiger partial charge in [0.1, 0.15) is 0 Å². The Morgan fingerprint density at radius 2 is 0.630 bits per heavy atom. The fourth-order valence-corrected chi connectivity index (χ4v) is 9.08. The fourth-order valence-electron chi connectivity index (χ4n) is 9.08. The van der Waals surface area contributed by atoms with Gasteiger partial charge in [0.15, 0.2) is 0 Å². The SMILES string of the molecule is c1ccc2cc(-c3c4ccccc4c(-c4ccc(-c5cccc6cccc(-c7cccc8ccccc78)c56)c5ccccc45)c4ccccc34)ccc2c1. The summed E-state index contributed by atoms with van der Waals surface area (Å²) in [6.07, 6.45) is 0. The average Bonchev–Trinajstić information content (AvgIpc) is 3.24. The van der Waals surface area contributed by atoms with Crippen molar-refractivity contribution in [3.8, 4) is 44.5 Å². The Morgan fingerprint density at radius 3 is 1.28 bits per heavy atom. The van der Waals surface area contributed by atoms with Crippen LogP contribution >= 0.6 is 0 Å². The molecule has 0 aliphatic heterocycles. The first kappa shape index (κ1) is 30.6. The minimum absolute atomic E-state index is 1.24. The Bertz CT molecular complexity index is 3210. The van der Waals surface area contributed by atoms with Gasteiger partial charge in [-0.2, -0.15) is 0 Å². The Balaban J connectivity index is 1.18. The molecule has 0 atom stereocenters. The summed E-state index contributed by atoms with van der Waals surface area (Å²) in [5.74, 6) is 0. The van der Waals surface area contributed by atoms with Crippen molar-refractivity contribution in [2.45, 2.75) is 0 Å². The molecule has 0 saturated carbocycles. The molecule has 11 rings (SSSR count). The van der Waals surface area contributed by atoms with Crippen molar-refractivity contribution >= 4 is 64.6 Å². The third-order valence-corrected chi connectivity index (χ3v) is 11.4. The molecule has 0 unspecified atom stereocenters. The number of hydrogen-bond acceptors (Lipinski definition) is 0. The molecule has 11 aromatic carbocycles. The highest BCUT2D eigenvalue weighted by atomic mass is 14.2. The number of benzene rings is 11. The predicted molar refractivity (Wildman–Crippen MR) is 233 cm³/mol. The first-order chi connectivity index (χ1) is 26.8. The molecular formula is C54H34. The fraction of sp³-hybridized carbons (Fsp3) is 0. The standard InChI is InChI=1S/C54H34/c1-2-16-38-34-39(31-30-35(38)14-1)53-47-23-7-9-25-49(47)54(50-26-10-8-24-48(50)53)51-33-32-44(42-21-5-6-22-43(42)51)46-29-13-19-37-18-12-28-45(52(37)46)41-27-11-17-36-15-3-4-20-40(36)41/h1-34H. The molecule has 0 radical (unpaired) electrons. The zero-order valence-corrected chi connectivity index (χ0v) is 29.6. The van der Waals surface area contributed by atoms with E-state index < -0.39 is 0 Å². The van der Waals surface area contributed by atoms with Crippen LogP contribution in [0.25, 0.3) is 109 Å². The molecule has 0 heteroatoms. The lowest BCUT2D eigenvalue weighted by atomic mass is 9.83. The molecule has 0 amide bonds. The normalized spacial score (nSPS) is 11.7. The first-order valence-electron chi connectivity index (χ1n) is 18.8. The van der Waals surface area contributed by atoms with E-state index in [2.05, 4.69) is 206 Å². The Morgan fingerprint density at radius 1 is 0.204 bits per heavy atom. The molecule has 0 aliphatic rings. The maximum Gasteiger partial charge on any atom is -0.00201 e. The topological polar surface area (TPSA) is 0 Å². The van der Waals surface area contributed by atoms with Gasteiger partial charge >= 0.3 is 0 Å². The van der Waals surface area contributed by atoms with Gasteiger partial charge in [0, 0.05) is 0 Å². The van der Waals surface area contributed by atoms with Gasteiger partial charge in [0.25, 0.3) is 0 Å². The van der Waals surface area contributed by atoms with Crippen LogP contribution in [0.3, 0.4) is 0 Å². The third-order valence-electron chi connectivity index (χ3n) is 11.4. The second kappa shape index (κ2) is 12.3. The zero-order chi connectivity index (χ0) is 35.6. The van der Waals surface area contributed by atoms with Crippen molar-refractivity contribution in [2.24, 2.45) is 0 Å². The van der Waals surface area contributed by atoms with Crippen LogP contribution in [0.1, 0.15) is 0 Å². The van der Waals surface area contributed by atoms with Crippen molar-refractivity contribution < 1.29 is 0 Å². The quantitative estimate of drug-likeness (QED) is 0.162. The van der Waals surface area contributed by atoms with Crippen LogP contribution in [0.15, 0.2) is 206 Å². The minimum Gasteiger partial charge on any atom is -0.0616 e. The summed E-state index contributed by atoms with van der Waals surface area (Å²) in [5.41, 5.74) is 10.1. The second-order valence-corrected chi connectivity index (χ2v) is 14.3. The highest BCUT2D eigenvalue weighted by Gasteiger charge is 2.20. The monoisotopic (exact) mass is 682 g/mol. The number of hydrogen-bond donors (Lipinski definition) is 0. The summed E-state index contributed by atoms with van der Waals surface area (Å²) >= 11 is 0. The molecule has 11 aromatic rings. The van der Waals surface area contributed by atoms with Gasteiger partial charge in [0.2, 0.25) is 0 Å². The first-order valence-corrected chi connectivity index (χ1v) is 18.8. The molecule has 0 aromatic heterocycles. The lowest BCUT2D eigenvalue weighted by Gasteiger charge is -2.20. The molecule has 0 fully saturated rings. The molecule has 0 N–H and O–H groups in total. The number of rotatable bonds is 4. The third kappa shape index (κ3) is 4.71. The van der Waals surface area contributed by atoms with E-state index in [0.717, 1.165) is 0 Å². The van der Waals surface area contributed by atoms with Crippen molar-refractivity contribution in [3.63, 3.8) is 0 Å². The minimum atomic E-state index is 1.24. The predicted octanol–water partition coefficient (Wildman–Crippen LogP) is 15.3. The van der Waals surface area contributed by atoms with E-state index in [-0.39, 0.29) is 0 Å². The molecule has 0 heterocycles. The van der Waals surface area contributed by atoms with Gasteiger partial charge in [0.05, 0.1) is 0 Å². The van der Waals surface area contributed by atoms with E-state index in [1.165, 1.54) is 109 Å². The van der Waals surface area contributed by atoms with E-state index in [4.69, 9.17) is 0 Å². The molecule has 0 aliphatic carbocycles. The van der Waals surface area contributed by atoms with Crippen molar-refractivity contribution in [3.05, 3.63) is 206 Å². The maximum absolute atomic E-state index is 2.38. The van der Waals surface area contributed by atoms with E-state index >= 15 is 0 Å². The van der Waals surface area contributed by atoms with Gasteiger partial charge in [-0.25, -0.2) is 0 Å². The van der Waals surface area contributed by atoms with Gasteiger partial charge in [-0.15, -0.1) is 0 Å². The molecule has 250 valence electrons. The maximum atomic E-state index is 2.38. The largest absolute Gasteiger partial charge is 0.0616 e. The molecular weight excluding hydrogens is 649 g/mol. The average molecular weight is 683 g/mol. The van der Waals surface area contributed by atoms with Crippen LogP contribution in [-0.4, -0.2) is 0 Å². The van der Waals surface area contributed by atoms with Crippen LogP contribution < -0.4 is 0 Å². The summed E-state index contributed by atoms with van der Waals surface area (Å²) in [6, 6.07) is 76.1. The lowest BCUT2D eigenvalue weighted by molar-refractivity contribution is 1.65. The van der Waals surface area contributed by atoms with E-state index in [0.29, 0.717) is 0 Å². The van der Waals surface area contributed by atoms with Crippen molar-refractivity contribution in [2.75, 3.05) is 0 Å². The van der Waals surface area contributed by atoms with E-state index in [1.54, 1.807) is 0 Å². The number of fused-ring (bicyclic) bond motifs is 6. The molecule has 0 bridgehead atoms. The van der Waals surface area contributed by atoms with Gasteiger partial charge in [-0.1, -0.05) is 200 Å². The highest BCUT2D eigenvalue weighted by Crippen LogP contribution is 2.48. The lowest BCUT2D eigenvalue weighted by Crippen LogP contribution is -1.93. The van der Waals surface area contributed by atoms with Crippen LogP contribution in [0.4, 0.5) is 0 Å². The molecule has 54 heavy (non-hydrogen) atoms. The summed E-state index contributed by atoms with van der Waals surface area (Å²) in [5, 5.41) is 15.1. The van der Waals surface area contributed by atoms with Crippen LogP contribution in [0.2, 0.25) is 0 Å². The van der Waals surface area contributed by atoms with Gasteiger partial charge in [-0.05, 0) is 115 Å². The second-order valence-electron chi connectivity index (χ2n) is 14.3. The Kier molecular flexibility index (Phi) is 6.97. The van der Waals surface area contributed by atoms with Crippen LogP contribution in [-0.2, 0) is 0 Å². The molecule has 0 spiro atoms. The van der Waals surface area contributed by atoms with Gasteiger partial charge in [-0.3, -0.25) is 0 Å². The van der Waals surface area contributed by atoms with E-state index in [1.807, 2.05) is 0 Å². The van der Waals surface area contributed by atoms with E-state index in [9.17, 15) is 0 Å². The summed E-state index contributed by atoms with van der Waals surface area (Å²) in [4.78, 5) is 0. The highest BCUT2D eigenvalue weighted by molar-refractivity contribution is 6.25. The summed E-state index contributed by atoms with van der Waals surface area (Å²) in [6.45, 7) is 0. The van der Waals surface area contributed by atoms with Gasteiger partial charge < -0.3 is 0 Å². The zero-order valence-electron chi connectivity index (χ0n) is 29.6. The Hall–Kier alpha value is -7.02. The molecule has 0 saturated heterocycles. The Labute approximate surface area is 314 Å². The van der Waals surface area contributed by atoms with Crippen LogP contribution in [0.5, 0.6) is 0 Å². The van der Waals surface area contributed by atoms with Crippen LogP contribution in [0, 0.1) is 0 Å². The molecule has 0 nitrogen and oxygen atoms in total. The van der Waals surface area contributed by atoms with Crippen molar-refractivity contribution in [1.29, 1.82) is 0 Å². The van der Waals surface area contributed by atoms with Crippen molar-refractivity contribution in [1.82, 2.24) is 0 Å². The smallest absolute Gasteiger partial charge is 0.00201 e. The summed E-state index contributed by atoms with van der Waals surface area (Å²) in [7, 11) is 0.